The van der Waals surface area contributed by atoms with E-state index in [9.17, 15) is 22.8 Å². The topological polar surface area (TPSA) is 58.2 Å². The third-order valence-electron chi connectivity index (χ3n) is 4.21. The summed E-state index contributed by atoms with van der Waals surface area (Å²) in [5, 5.41) is 5.18. The zero-order valence-electron chi connectivity index (χ0n) is 16.4. The highest BCUT2D eigenvalue weighted by atomic mass is 32.2. The average Bonchev–Trinajstić information content (AvgIpc) is 2.66. The first-order valence-corrected chi connectivity index (χ1v) is 10.0. The molecule has 2 N–H and O–H groups in total. The molecule has 29 heavy (non-hydrogen) atoms. The van der Waals surface area contributed by atoms with Gasteiger partial charge in [-0.15, -0.1) is 11.8 Å². The van der Waals surface area contributed by atoms with Crippen LogP contribution in [-0.2, 0) is 17.5 Å². The van der Waals surface area contributed by atoms with Gasteiger partial charge in [0.15, 0.2) is 0 Å². The summed E-state index contributed by atoms with van der Waals surface area (Å²) in [5.41, 5.74) is -0.151. The van der Waals surface area contributed by atoms with Gasteiger partial charge in [0.1, 0.15) is 0 Å². The maximum Gasteiger partial charge on any atom is 0.418 e. The maximum absolute atomic E-state index is 13.5. The Morgan fingerprint density at radius 1 is 1.10 bits per heavy atom. The fourth-order valence-corrected chi connectivity index (χ4v) is 3.41. The molecule has 2 aromatic carbocycles. The van der Waals surface area contributed by atoms with Crippen molar-refractivity contribution in [1.29, 1.82) is 0 Å². The van der Waals surface area contributed by atoms with Gasteiger partial charge in [-0.05, 0) is 42.3 Å². The number of benzene rings is 2. The van der Waals surface area contributed by atoms with Crippen LogP contribution in [0.4, 0.5) is 18.9 Å². The number of nitrogens with one attached hydrogen (secondary N) is 2. The van der Waals surface area contributed by atoms with Gasteiger partial charge in [-0.25, -0.2) is 0 Å². The first-order chi connectivity index (χ1) is 13.6. The first kappa shape index (κ1) is 22.8. The Bertz CT molecular complexity index is 867. The van der Waals surface area contributed by atoms with Gasteiger partial charge in [0.25, 0.3) is 5.91 Å². The van der Waals surface area contributed by atoms with Crippen molar-refractivity contribution in [3.05, 3.63) is 59.2 Å². The van der Waals surface area contributed by atoms with Crippen LogP contribution in [0, 0.1) is 0 Å². The molecule has 0 spiro atoms. The lowest BCUT2D eigenvalue weighted by Gasteiger charge is -2.16. The van der Waals surface area contributed by atoms with E-state index in [0.29, 0.717) is 11.4 Å². The Hall–Kier alpha value is -2.48. The van der Waals surface area contributed by atoms with Crippen LogP contribution in [0.2, 0.25) is 0 Å². The maximum atomic E-state index is 13.5. The van der Waals surface area contributed by atoms with E-state index in [1.165, 1.54) is 36.9 Å². The number of anilines is 1. The normalized spacial score (nSPS) is 12.3. The third-order valence-corrected chi connectivity index (χ3v) is 5.48. The minimum atomic E-state index is -4.59. The van der Waals surface area contributed by atoms with Crippen LogP contribution >= 0.6 is 11.8 Å². The van der Waals surface area contributed by atoms with E-state index in [4.69, 9.17) is 0 Å². The van der Waals surface area contributed by atoms with Crippen molar-refractivity contribution in [1.82, 2.24) is 5.32 Å². The van der Waals surface area contributed by atoms with E-state index in [0.717, 1.165) is 18.1 Å². The molecule has 2 rings (SSSR count). The Kier molecular flexibility index (Phi) is 7.73. The van der Waals surface area contributed by atoms with Crippen LogP contribution in [0.3, 0.4) is 0 Å². The number of hydrogen-bond donors (Lipinski definition) is 2. The molecule has 0 bridgehead atoms. The summed E-state index contributed by atoms with van der Waals surface area (Å²) < 4.78 is 40.5. The van der Waals surface area contributed by atoms with Crippen molar-refractivity contribution in [2.75, 3.05) is 5.32 Å². The van der Waals surface area contributed by atoms with Crippen LogP contribution < -0.4 is 10.6 Å². The third kappa shape index (κ3) is 6.81. The number of halogens is 3. The highest BCUT2D eigenvalue weighted by Gasteiger charge is 2.34. The molecule has 156 valence electrons. The predicted octanol–water partition coefficient (Wildman–Crippen LogP) is 5.48. The Morgan fingerprint density at radius 2 is 1.76 bits per heavy atom. The number of rotatable bonds is 7. The number of hydrogen-bond acceptors (Lipinski definition) is 3. The smallest absolute Gasteiger partial charge is 0.352 e. The lowest BCUT2D eigenvalue weighted by molar-refractivity contribution is -0.137. The molecule has 0 saturated heterocycles. The molecule has 0 aliphatic heterocycles. The Morgan fingerprint density at radius 3 is 2.31 bits per heavy atom. The fraction of sp³-hybridized carbons (Fsp3) is 0.333. The van der Waals surface area contributed by atoms with Crippen molar-refractivity contribution in [3.8, 4) is 0 Å². The molecule has 0 fully saturated rings. The highest BCUT2D eigenvalue weighted by Crippen LogP contribution is 2.38. The summed E-state index contributed by atoms with van der Waals surface area (Å²) in [4.78, 5) is 23.9. The lowest BCUT2D eigenvalue weighted by Crippen LogP contribution is -2.19. The van der Waals surface area contributed by atoms with E-state index in [-0.39, 0.29) is 22.4 Å². The molecule has 0 saturated carbocycles. The minimum Gasteiger partial charge on any atom is -0.352 e. The van der Waals surface area contributed by atoms with Crippen LogP contribution in [0.15, 0.2) is 47.4 Å². The Labute approximate surface area is 172 Å². The van der Waals surface area contributed by atoms with Gasteiger partial charge in [0.05, 0.1) is 11.3 Å². The monoisotopic (exact) mass is 424 g/mol. The van der Waals surface area contributed by atoms with Crippen LogP contribution in [0.1, 0.15) is 48.7 Å². The average molecular weight is 424 g/mol. The van der Waals surface area contributed by atoms with Gasteiger partial charge < -0.3 is 10.6 Å². The van der Waals surface area contributed by atoms with Gasteiger partial charge in [0.2, 0.25) is 5.91 Å². The van der Waals surface area contributed by atoms with Gasteiger partial charge in [-0.2, -0.15) is 13.2 Å². The van der Waals surface area contributed by atoms with Crippen molar-refractivity contribution >= 4 is 29.3 Å². The molecule has 2 amide bonds. The van der Waals surface area contributed by atoms with Crippen molar-refractivity contribution in [2.45, 2.75) is 50.1 Å². The fourth-order valence-electron chi connectivity index (χ4n) is 2.45. The summed E-state index contributed by atoms with van der Waals surface area (Å²) in [6.07, 6.45) is -3.75. The standard InChI is InChI=1S/C21H23F3N2O2S/c1-4-13(2)29-17-9-10-19(18(11-17)21(22,23)24)26-20(28)16-7-5-15(6-8-16)12-25-14(3)27/h5-11,13H,4,12H2,1-3H3,(H,25,27)(H,26,28). The molecule has 4 nitrogen and oxygen atoms in total. The number of carbonyl (C=O) groups is 2. The summed E-state index contributed by atoms with van der Waals surface area (Å²) in [5.74, 6) is -0.814. The highest BCUT2D eigenvalue weighted by molar-refractivity contribution is 7.99. The molecular weight excluding hydrogens is 401 g/mol. The summed E-state index contributed by atoms with van der Waals surface area (Å²) in [6.45, 7) is 5.62. The largest absolute Gasteiger partial charge is 0.418 e. The number of thioether (sulfide) groups is 1. The lowest BCUT2D eigenvalue weighted by atomic mass is 10.1. The molecule has 2 aromatic rings. The number of alkyl halides is 3. The molecule has 1 unspecified atom stereocenters. The van der Waals surface area contributed by atoms with E-state index >= 15 is 0 Å². The quantitative estimate of drug-likeness (QED) is 0.579. The summed E-state index contributed by atoms with van der Waals surface area (Å²) in [6, 6.07) is 10.2. The van der Waals surface area contributed by atoms with Crippen LogP contribution in [0.25, 0.3) is 0 Å². The van der Waals surface area contributed by atoms with Gasteiger partial charge >= 0.3 is 6.18 Å². The van der Waals surface area contributed by atoms with Gasteiger partial charge in [-0.3, -0.25) is 9.59 Å². The zero-order chi connectivity index (χ0) is 21.6. The van der Waals surface area contributed by atoms with E-state index in [1.54, 1.807) is 18.2 Å². The molecule has 0 radical (unpaired) electrons. The van der Waals surface area contributed by atoms with Crippen molar-refractivity contribution < 1.29 is 22.8 Å². The number of carbonyl (C=O) groups excluding carboxylic acids is 2. The van der Waals surface area contributed by atoms with E-state index in [2.05, 4.69) is 10.6 Å². The molecule has 1 atom stereocenters. The SMILES string of the molecule is CCC(C)Sc1ccc(NC(=O)c2ccc(CNC(C)=O)cc2)c(C(F)(F)F)c1. The van der Waals surface area contributed by atoms with Gasteiger partial charge in [0, 0.05) is 29.2 Å². The molecule has 0 aromatic heterocycles. The molecule has 0 aliphatic rings. The second-order valence-corrected chi connectivity index (χ2v) is 8.11. The summed E-state index contributed by atoms with van der Waals surface area (Å²) in [7, 11) is 0. The Balaban J connectivity index is 2.19. The molecule has 8 heteroatoms. The van der Waals surface area contributed by atoms with Gasteiger partial charge in [-0.1, -0.05) is 26.0 Å². The molecule has 0 aliphatic carbocycles. The second-order valence-electron chi connectivity index (χ2n) is 6.60. The first-order valence-electron chi connectivity index (χ1n) is 9.12. The number of amides is 2. The second kappa shape index (κ2) is 9.82. The molecular formula is C21H23F3N2O2S. The van der Waals surface area contributed by atoms with E-state index < -0.39 is 17.6 Å². The zero-order valence-corrected chi connectivity index (χ0v) is 17.2. The summed E-state index contributed by atoms with van der Waals surface area (Å²) >= 11 is 1.36. The molecule has 0 heterocycles. The van der Waals surface area contributed by atoms with Crippen LogP contribution in [0.5, 0.6) is 0 Å². The van der Waals surface area contributed by atoms with Crippen molar-refractivity contribution in [3.63, 3.8) is 0 Å². The van der Waals surface area contributed by atoms with Crippen LogP contribution in [-0.4, -0.2) is 17.1 Å². The van der Waals surface area contributed by atoms with E-state index in [1.807, 2.05) is 13.8 Å². The van der Waals surface area contributed by atoms with Crippen molar-refractivity contribution in [2.24, 2.45) is 0 Å². The predicted molar refractivity (Wildman–Crippen MR) is 109 cm³/mol. The minimum absolute atomic E-state index is 0.179.